The third kappa shape index (κ3) is 6.67. The number of methoxy groups -OCH3 is 1. The molecule has 0 N–H and O–H groups in total. The topological polar surface area (TPSA) is 96.4 Å². The standard InChI is InChI=1S/C34H48F3N7O4/c1-21-8-10-38-29(33(46-7)19-47-20-33)28(21)24-9-11-43(22(2)16-24)26-17-27(40-30(39-26)34(35,36)37)44-18-25(23(44)3)41-12-14-42(15-13-41)31(45)48-32(4,5)6/h8,10,17,22-25H,9,11-16,18-20H2,1-7H3/t22-,23+,24+,25+/m0/s1. The predicted octanol–water partition coefficient (Wildman–Crippen LogP) is 4.97. The lowest BCUT2D eigenvalue weighted by atomic mass is 9.79. The molecule has 0 spiro atoms. The molecule has 264 valence electrons. The van der Waals surface area contributed by atoms with Crippen LogP contribution in [0, 0.1) is 6.92 Å². The van der Waals surface area contributed by atoms with Gasteiger partial charge in [-0.15, -0.1) is 0 Å². The van der Waals surface area contributed by atoms with E-state index in [1.165, 1.54) is 0 Å². The fourth-order valence-electron chi connectivity index (χ4n) is 7.58. The zero-order valence-electron chi connectivity index (χ0n) is 29.0. The summed E-state index contributed by atoms with van der Waals surface area (Å²) in [5, 5.41) is 0. The van der Waals surface area contributed by atoms with Gasteiger partial charge in [-0.2, -0.15) is 13.2 Å². The first kappa shape index (κ1) is 34.6. The monoisotopic (exact) mass is 675 g/mol. The largest absolute Gasteiger partial charge is 0.451 e. The van der Waals surface area contributed by atoms with Crippen LogP contribution in [0.5, 0.6) is 0 Å². The molecular formula is C34H48F3N7O4. The molecule has 6 rings (SSSR count). The van der Waals surface area contributed by atoms with Crippen LogP contribution in [0.1, 0.15) is 76.0 Å². The maximum Gasteiger partial charge on any atom is 0.451 e. The van der Waals surface area contributed by atoms with E-state index in [-0.39, 0.29) is 36.0 Å². The van der Waals surface area contributed by atoms with Gasteiger partial charge in [0.2, 0.25) is 5.82 Å². The van der Waals surface area contributed by atoms with Crippen LogP contribution in [0.25, 0.3) is 0 Å². The smallest absolute Gasteiger partial charge is 0.444 e. The number of alkyl halides is 3. The Morgan fingerprint density at radius 1 is 1.02 bits per heavy atom. The van der Waals surface area contributed by atoms with Gasteiger partial charge in [0.1, 0.15) is 17.2 Å². The summed E-state index contributed by atoms with van der Waals surface area (Å²) in [5.41, 5.74) is 2.06. The van der Waals surface area contributed by atoms with Crippen LogP contribution in [-0.4, -0.2) is 114 Å². The number of carbonyl (C=O) groups is 1. The van der Waals surface area contributed by atoms with Crippen LogP contribution < -0.4 is 9.80 Å². The SMILES string of the molecule is COC1(c2nccc(C)c2[C@@H]2CCN(c3cc(N4C[C@@H](N5CCN(C(=O)OC(C)(C)C)CC5)[C@H]4C)nc(C(F)(F)F)n3)[C@@H](C)C2)COC1. The third-order valence-corrected chi connectivity index (χ3v) is 10.4. The number of amides is 1. The van der Waals surface area contributed by atoms with Gasteiger partial charge in [-0.05, 0) is 77.5 Å². The maximum atomic E-state index is 14.2. The average Bonchev–Trinajstić information content (AvgIpc) is 2.99. The number of anilines is 2. The Balaban J connectivity index is 1.16. The highest BCUT2D eigenvalue weighted by atomic mass is 19.4. The van der Waals surface area contributed by atoms with E-state index in [0.717, 1.165) is 29.7 Å². The minimum Gasteiger partial charge on any atom is -0.444 e. The molecule has 1 amide bonds. The molecule has 0 radical (unpaired) electrons. The second kappa shape index (κ2) is 12.9. The van der Waals surface area contributed by atoms with Crippen LogP contribution in [0.4, 0.5) is 29.6 Å². The van der Waals surface area contributed by atoms with E-state index in [2.05, 4.69) is 21.8 Å². The second-order valence-electron chi connectivity index (χ2n) is 14.7. The highest BCUT2D eigenvalue weighted by Crippen LogP contribution is 2.43. The molecular weight excluding hydrogens is 627 g/mol. The lowest BCUT2D eigenvalue weighted by molar-refractivity contribution is -0.205. The molecule has 11 nitrogen and oxygen atoms in total. The Hall–Kier alpha value is -3.23. The number of rotatable bonds is 6. The summed E-state index contributed by atoms with van der Waals surface area (Å²) in [6, 6.07) is 3.74. The highest BCUT2D eigenvalue weighted by Gasteiger charge is 2.47. The van der Waals surface area contributed by atoms with Crippen molar-refractivity contribution in [3.63, 3.8) is 0 Å². The summed E-state index contributed by atoms with van der Waals surface area (Å²) in [4.78, 5) is 33.3. The minimum absolute atomic E-state index is 0.0550. The van der Waals surface area contributed by atoms with Gasteiger partial charge >= 0.3 is 12.3 Å². The van der Waals surface area contributed by atoms with Crippen molar-refractivity contribution in [3.05, 3.63) is 41.0 Å². The molecule has 0 unspecified atom stereocenters. The fourth-order valence-corrected chi connectivity index (χ4v) is 7.58. The molecule has 2 aromatic heterocycles. The van der Waals surface area contributed by atoms with Gasteiger partial charge in [-0.3, -0.25) is 9.88 Å². The number of piperazine rings is 1. The first-order valence-corrected chi connectivity index (χ1v) is 16.9. The Morgan fingerprint density at radius 2 is 1.69 bits per heavy atom. The van der Waals surface area contributed by atoms with Crippen molar-refractivity contribution < 1.29 is 32.2 Å². The summed E-state index contributed by atoms with van der Waals surface area (Å²) in [5.74, 6) is -0.370. The van der Waals surface area contributed by atoms with Gasteiger partial charge in [-0.25, -0.2) is 14.8 Å². The normalized spacial score (nSPS) is 26.6. The predicted molar refractivity (Wildman–Crippen MR) is 174 cm³/mol. The Labute approximate surface area is 280 Å². The van der Waals surface area contributed by atoms with Crippen molar-refractivity contribution >= 4 is 17.7 Å². The number of nitrogens with zero attached hydrogens (tertiary/aromatic N) is 7. The number of hydrogen-bond acceptors (Lipinski definition) is 10. The lowest BCUT2D eigenvalue weighted by Gasteiger charge is -2.53. The van der Waals surface area contributed by atoms with Crippen LogP contribution >= 0.6 is 0 Å². The molecule has 4 aliphatic heterocycles. The molecule has 0 aliphatic carbocycles. The van der Waals surface area contributed by atoms with Crippen molar-refractivity contribution in [2.45, 2.75) is 95.8 Å². The molecule has 4 fully saturated rings. The number of ether oxygens (including phenoxy) is 3. The lowest BCUT2D eigenvalue weighted by Crippen LogP contribution is -2.68. The van der Waals surface area contributed by atoms with E-state index in [1.807, 2.05) is 50.5 Å². The number of hydrogen-bond donors (Lipinski definition) is 0. The number of halogens is 3. The fraction of sp³-hybridized carbons (Fsp3) is 0.706. The molecule has 0 aromatic carbocycles. The number of aromatic nitrogens is 3. The molecule has 4 atom stereocenters. The first-order valence-electron chi connectivity index (χ1n) is 16.9. The summed E-state index contributed by atoms with van der Waals surface area (Å²) in [6.45, 7) is 16.1. The van der Waals surface area contributed by atoms with Gasteiger partial charge in [0.25, 0.3) is 0 Å². The van der Waals surface area contributed by atoms with Gasteiger partial charge in [0, 0.05) is 76.8 Å². The number of piperidine rings is 1. The molecule has 4 aliphatic rings. The van der Waals surface area contributed by atoms with Crippen molar-refractivity contribution in [2.75, 3.05) is 69.4 Å². The van der Waals surface area contributed by atoms with E-state index < -0.39 is 23.2 Å². The van der Waals surface area contributed by atoms with Gasteiger partial charge in [0.05, 0.1) is 18.9 Å². The Morgan fingerprint density at radius 3 is 2.23 bits per heavy atom. The highest BCUT2D eigenvalue weighted by molar-refractivity contribution is 5.68. The van der Waals surface area contributed by atoms with Crippen LogP contribution in [0.3, 0.4) is 0 Å². The zero-order valence-corrected chi connectivity index (χ0v) is 29.0. The number of aryl methyl sites for hydroxylation is 1. The molecule has 4 saturated heterocycles. The molecule has 48 heavy (non-hydrogen) atoms. The van der Waals surface area contributed by atoms with Crippen LogP contribution in [-0.2, 0) is 26.0 Å². The average molecular weight is 676 g/mol. The van der Waals surface area contributed by atoms with E-state index >= 15 is 0 Å². The first-order chi connectivity index (χ1) is 22.6. The molecule has 6 heterocycles. The number of carbonyl (C=O) groups excluding carboxylic acids is 1. The quantitative estimate of drug-likeness (QED) is 0.418. The number of pyridine rings is 1. The van der Waals surface area contributed by atoms with E-state index in [4.69, 9.17) is 19.2 Å². The summed E-state index contributed by atoms with van der Waals surface area (Å²) in [7, 11) is 1.68. The van der Waals surface area contributed by atoms with Crippen LogP contribution in [0.15, 0.2) is 18.3 Å². The van der Waals surface area contributed by atoms with E-state index in [9.17, 15) is 18.0 Å². The Bertz CT molecular complexity index is 1480. The minimum atomic E-state index is -4.68. The molecule has 2 aromatic rings. The molecule has 0 saturated carbocycles. The summed E-state index contributed by atoms with van der Waals surface area (Å²) < 4.78 is 59.5. The van der Waals surface area contributed by atoms with Gasteiger partial charge in [0.15, 0.2) is 5.60 Å². The van der Waals surface area contributed by atoms with Gasteiger partial charge in [-0.1, -0.05) is 0 Å². The van der Waals surface area contributed by atoms with Crippen molar-refractivity contribution in [1.82, 2.24) is 24.8 Å². The van der Waals surface area contributed by atoms with Crippen molar-refractivity contribution in [3.8, 4) is 0 Å². The van der Waals surface area contributed by atoms with E-state index in [0.29, 0.717) is 58.3 Å². The summed E-state index contributed by atoms with van der Waals surface area (Å²) >= 11 is 0. The van der Waals surface area contributed by atoms with Gasteiger partial charge < -0.3 is 28.9 Å². The molecule has 14 heteroatoms. The molecule has 0 bridgehead atoms. The zero-order chi connectivity index (χ0) is 34.6. The maximum absolute atomic E-state index is 14.2. The van der Waals surface area contributed by atoms with Crippen molar-refractivity contribution in [1.29, 1.82) is 0 Å². The second-order valence-corrected chi connectivity index (χ2v) is 14.7. The van der Waals surface area contributed by atoms with E-state index in [1.54, 1.807) is 24.3 Å². The Kier molecular flexibility index (Phi) is 9.31. The van der Waals surface area contributed by atoms with Crippen molar-refractivity contribution in [2.24, 2.45) is 0 Å². The third-order valence-electron chi connectivity index (χ3n) is 10.4. The summed E-state index contributed by atoms with van der Waals surface area (Å²) in [6.07, 6.45) is -1.72. The van der Waals surface area contributed by atoms with Crippen LogP contribution in [0.2, 0.25) is 0 Å².